The highest BCUT2D eigenvalue weighted by Gasteiger charge is 2.02. The quantitative estimate of drug-likeness (QED) is 0.819. The highest BCUT2D eigenvalue weighted by Crippen LogP contribution is 2.08. The summed E-state index contributed by atoms with van der Waals surface area (Å²) < 4.78 is 5.49. The Hall–Kier alpha value is -2.33. The van der Waals surface area contributed by atoms with Gasteiger partial charge in [0.05, 0.1) is 13.0 Å². The summed E-state index contributed by atoms with van der Waals surface area (Å²) in [6.45, 7) is 1.39. The van der Waals surface area contributed by atoms with E-state index in [1.807, 2.05) is 54.6 Å². The van der Waals surface area contributed by atoms with Crippen LogP contribution in [0.15, 0.2) is 54.6 Å². The van der Waals surface area contributed by atoms with Crippen LogP contribution in [0.25, 0.3) is 0 Å². The Morgan fingerprint density at radius 2 is 1.81 bits per heavy atom. The zero-order valence-electron chi connectivity index (χ0n) is 11.9. The molecule has 2 aromatic carbocycles. The summed E-state index contributed by atoms with van der Waals surface area (Å²) in [5.41, 5.74) is 7.71. The van der Waals surface area contributed by atoms with Crippen LogP contribution in [0.2, 0.25) is 0 Å². The summed E-state index contributed by atoms with van der Waals surface area (Å²) in [5, 5.41) is 2.88. The van der Waals surface area contributed by atoms with Crippen LogP contribution < -0.4 is 15.8 Å². The molecular formula is C17H20N2O2. The predicted octanol–water partition coefficient (Wildman–Crippen LogP) is 2.23. The highest BCUT2D eigenvalue weighted by molar-refractivity contribution is 5.76. The fourth-order valence-corrected chi connectivity index (χ4v) is 1.93. The van der Waals surface area contributed by atoms with Gasteiger partial charge in [0.1, 0.15) is 5.75 Å². The van der Waals surface area contributed by atoms with Crippen molar-refractivity contribution in [3.8, 4) is 5.75 Å². The number of ether oxygens (including phenoxy) is 1. The number of carbonyl (C=O) groups excluding carboxylic acids is 1. The first-order valence-corrected chi connectivity index (χ1v) is 7.00. The molecule has 0 aliphatic heterocycles. The summed E-state index contributed by atoms with van der Waals surface area (Å²) in [7, 11) is 0. The number of hydrogen-bond donors (Lipinski definition) is 2. The molecule has 0 saturated carbocycles. The fraction of sp³-hybridized carbons (Fsp3) is 0.235. The Balaban J connectivity index is 1.70. The van der Waals surface area contributed by atoms with Crippen LogP contribution in [0.4, 0.5) is 0 Å². The number of carbonyl (C=O) groups is 1. The van der Waals surface area contributed by atoms with Crippen molar-refractivity contribution in [2.24, 2.45) is 5.73 Å². The third-order valence-corrected chi connectivity index (χ3v) is 3.06. The maximum atomic E-state index is 11.7. The molecular weight excluding hydrogens is 264 g/mol. The number of amides is 1. The molecule has 0 spiro atoms. The van der Waals surface area contributed by atoms with Gasteiger partial charge in [0, 0.05) is 13.1 Å². The molecule has 0 bridgehead atoms. The minimum absolute atomic E-state index is 0.0240. The lowest BCUT2D eigenvalue weighted by molar-refractivity contribution is -0.121. The third kappa shape index (κ3) is 5.28. The molecule has 0 aromatic heterocycles. The second-order valence-electron chi connectivity index (χ2n) is 4.71. The Labute approximate surface area is 124 Å². The van der Waals surface area contributed by atoms with Gasteiger partial charge in [0.15, 0.2) is 0 Å². The first-order chi connectivity index (χ1) is 10.3. The Morgan fingerprint density at radius 3 is 2.57 bits per heavy atom. The summed E-state index contributed by atoms with van der Waals surface area (Å²) in [6, 6.07) is 17.4. The largest absolute Gasteiger partial charge is 0.493 e. The molecule has 0 atom stereocenters. The third-order valence-electron chi connectivity index (χ3n) is 3.06. The van der Waals surface area contributed by atoms with E-state index < -0.39 is 0 Å². The van der Waals surface area contributed by atoms with Crippen LogP contribution in [0.1, 0.15) is 17.5 Å². The van der Waals surface area contributed by atoms with Gasteiger partial charge in [-0.3, -0.25) is 4.79 Å². The average Bonchev–Trinajstić information content (AvgIpc) is 2.54. The molecule has 0 aliphatic rings. The number of hydrogen-bond acceptors (Lipinski definition) is 3. The second kappa shape index (κ2) is 8.07. The lowest BCUT2D eigenvalue weighted by atomic mass is 10.1. The molecule has 0 radical (unpaired) electrons. The summed E-state index contributed by atoms with van der Waals surface area (Å²) in [6.07, 6.45) is 0.339. The van der Waals surface area contributed by atoms with Crippen molar-refractivity contribution >= 4 is 5.91 Å². The number of nitrogens with two attached hydrogens (primary N) is 1. The molecule has 4 heteroatoms. The van der Waals surface area contributed by atoms with Crippen molar-refractivity contribution in [3.05, 3.63) is 65.7 Å². The molecule has 0 saturated heterocycles. The van der Waals surface area contributed by atoms with Crippen LogP contribution in [-0.4, -0.2) is 12.5 Å². The van der Waals surface area contributed by atoms with Gasteiger partial charge in [-0.25, -0.2) is 0 Å². The topological polar surface area (TPSA) is 64.3 Å². The van der Waals surface area contributed by atoms with Crippen LogP contribution in [-0.2, 0) is 17.9 Å². The maximum absolute atomic E-state index is 11.7. The Kier molecular flexibility index (Phi) is 5.79. The van der Waals surface area contributed by atoms with E-state index in [1.165, 1.54) is 0 Å². The van der Waals surface area contributed by atoms with E-state index in [1.54, 1.807) is 0 Å². The van der Waals surface area contributed by atoms with E-state index in [-0.39, 0.29) is 5.91 Å². The fourth-order valence-electron chi connectivity index (χ4n) is 1.93. The van der Waals surface area contributed by atoms with Gasteiger partial charge in [-0.2, -0.15) is 0 Å². The molecule has 21 heavy (non-hydrogen) atoms. The van der Waals surface area contributed by atoms with Gasteiger partial charge in [-0.1, -0.05) is 42.5 Å². The van der Waals surface area contributed by atoms with Crippen LogP contribution in [0.5, 0.6) is 5.75 Å². The van der Waals surface area contributed by atoms with E-state index in [4.69, 9.17) is 10.5 Å². The number of benzene rings is 2. The predicted molar refractivity (Wildman–Crippen MR) is 82.7 cm³/mol. The van der Waals surface area contributed by atoms with E-state index in [9.17, 15) is 4.79 Å². The normalized spacial score (nSPS) is 10.1. The zero-order valence-corrected chi connectivity index (χ0v) is 11.9. The van der Waals surface area contributed by atoms with Crippen molar-refractivity contribution < 1.29 is 9.53 Å². The summed E-state index contributed by atoms with van der Waals surface area (Å²) in [4.78, 5) is 11.7. The number of rotatable bonds is 7. The van der Waals surface area contributed by atoms with Crippen molar-refractivity contribution in [2.45, 2.75) is 19.5 Å². The van der Waals surface area contributed by atoms with Gasteiger partial charge in [-0.05, 0) is 23.3 Å². The number of nitrogens with one attached hydrogen (secondary N) is 1. The van der Waals surface area contributed by atoms with Gasteiger partial charge in [-0.15, -0.1) is 0 Å². The Bertz CT molecular complexity index is 570. The van der Waals surface area contributed by atoms with E-state index in [0.29, 0.717) is 26.1 Å². The lowest BCUT2D eigenvalue weighted by Crippen LogP contribution is -2.24. The Morgan fingerprint density at radius 1 is 1.05 bits per heavy atom. The molecule has 1 amide bonds. The molecule has 0 unspecified atom stereocenters. The standard InChI is InChI=1S/C17H20N2O2/c18-12-14-5-4-6-15(11-14)13-19-17(20)9-10-21-16-7-2-1-3-8-16/h1-8,11H,9-10,12-13,18H2,(H,19,20). The van der Waals surface area contributed by atoms with Crippen molar-refractivity contribution in [3.63, 3.8) is 0 Å². The van der Waals surface area contributed by atoms with Crippen molar-refractivity contribution in [1.82, 2.24) is 5.32 Å². The highest BCUT2D eigenvalue weighted by atomic mass is 16.5. The summed E-state index contributed by atoms with van der Waals surface area (Å²) >= 11 is 0. The first kappa shape index (κ1) is 15.1. The first-order valence-electron chi connectivity index (χ1n) is 7.00. The minimum atomic E-state index is -0.0240. The monoisotopic (exact) mass is 284 g/mol. The van der Waals surface area contributed by atoms with Crippen molar-refractivity contribution in [1.29, 1.82) is 0 Å². The van der Waals surface area contributed by atoms with E-state index in [2.05, 4.69) is 5.32 Å². The van der Waals surface area contributed by atoms with E-state index in [0.717, 1.165) is 16.9 Å². The van der Waals surface area contributed by atoms with Crippen molar-refractivity contribution in [2.75, 3.05) is 6.61 Å². The minimum Gasteiger partial charge on any atom is -0.493 e. The zero-order chi connectivity index (χ0) is 14.9. The molecule has 0 fully saturated rings. The number of para-hydroxylation sites is 1. The van der Waals surface area contributed by atoms with Gasteiger partial charge in [0.2, 0.25) is 5.91 Å². The van der Waals surface area contributed by atoms with Crippen LogP contribution >= 0.6 is 0 Å². The molecule has 0 heterocycles. The van der Waals surface area contributed by atoms with Crippen LogP contribution in [0.3, 0.4) is 0 Å². The molecule has 2 rings (SSSR count). The lowest BCUT2D eigenvalue weighted by Gasteiger charge is -2.08. The molecule has 4 nitrogen and oxygen atoms in total. The van der Waals surface area contributed by atoms with E-state index >= 15 is 0 Å². The molecule has 0 aliphatic carbocycles. The van der Waals surface area contributed by atoms with Gasteiger partial charge >= 0.3 is 0 Å². The van der Waals surface area contributed by atoms with Gasteiger partial charge in [0.25, 0.3) is 0 Å². The van der Waals surface area contributed by atoms with Crippen LogP contribution in [0, 0.1) is 0 Å². The summed E-state index contributed by atoms with van der Waals surface area (Å²) in [5.74, 6) is 0.755. The molecule has 2 aromatic rings. The smallest absolute Gasteiger partial charge is 0.223 e. The maximum Gasteiger partial charge on any atom is 0.223 e. The SMILES string of the molecule is NCc1cccc(CNC(=O)CCOc2ccccc2)c1. The average molecular weight is 284 g/mol. The molecule has 3 N–H and O–H groups in total. The molecule has 110 valence electrons. The van der Waals surface area contributed by atoms with Gasteiger partial charge < -0.3 is 15.8 Å². The second-order valence-corrected chi connectivity index (χ2v) is 4.71.